The Morgan fingerprint density at radius 3 is 2.34 bits per heavy atom. The number of carbonyl (C=O) groups excluding carboxylic acids is 1. The number of ether oxygens (including phenoxy) is 1. The van der Waals surface area contributed by atoms with Crippen LogP contribution in [0.2, 0.25) is 0 Å². The highest BCUT2D eigenvalue weighted by molar-refractivity contribution is 6.12. The van der Waals surface area contributed by atoms with Gasteiger partial charge in [-0.1, -0.05) is 42.0 Å². The molecule has 2 aliphatic rings. The lowest BCUT2D eigenvalue weighted by Gasteiger charge is -2.34. The maximum absolute atomic E-state index is 13.0. The highest BCUT2D eigenvalue weighted by Crippen LogP contribution is 2.36. The number of anilines is 1. The molecular formula is C30H30F3N3O2. The molecule has 3 aromatic rings. The predicted molar refractivity (Wildman–Crippen MR) is 142 cm³/mol. The van der Waals surface area contributed by atoms with E-state index in [-0.39, 0.29) is 17.6 Å². The third-order valence-corrected chi connectivity index (χ3v) is 7.32. The van der Waals surface area contributed by atoms with Crippen molar-refractivity contribution in [2.45, 2.75) is 51.4 Å². The number of hydrogen-bond donors (Lipinski definition) is 1. The quantitative estimate of drug-likeness (QED) is 0.389. The Morgan fingerprint density at radius 1 is 1.00 bits per heavy atom. The second kappa shape index (κ2) is 10.5. The fraction of sp³-hybridized carbons (Fsp3) is 0.333. The van der Waals surface area contributed by atoms with Crippen LogP contribution >= 0.6 is 0 Å². The van der Waals surface area contributed by atoms with Crippen molar-refractivity contribution in [2.24, 2.45) is 4.99 Å². The van der Waals surface area contributed by atoms with Gasteiger partial charge in [-0.15, -0.1) is 13.2 Å². The van der Waals surface area contributed by atoms with Gasteiger partial charge in [-0.05, 0) is 79.6 Å². The zero-order valence-corrected chi connectivity index (χ0v) is 21.4. The fourth-order valence-corrected chi connectivity index (χ4v) is 5.35. The van der Waals surface area contributed by atoms with Crippen molar-refractivity contribution < 1.29 is 22.7 Å². The molecule has 1 amide bonds. The number of rotatable bonds is 6. The van der Waals surface area contributed by atoms with Crippen LogP contribution in [-0.4, -0.2) is 31.1 Å². The van der Waals surface area contributed by atoms with Gasteiger partial charge in [0.2, 0.25) is 5.91 Å². The summed E-state index contributed by atoms with van der Waals surface area (Å²) in [5, 5.41) is 3.07. The summed E-state index contributed by atoms with van der Waals surface area (Å²) < 4.78 is 41.1. The van der Waals surface area contributed by atoms with Gasteiger partial charge < -0.3 is 15.0 Å². The summed E-state index contributed by atoms with van der Waals surface area (Å²) >= 11 is 0. The number of amides is 1. The highest BCUT2D eigenvalue weighted by atomic mass is 19.4. The molecule has 8 heteroatoms. The largest absolute Gasteiger partial charge is 0.573 e. The highest BCUT2D eigenvalue weighted by Gasteiger charge is 2.32. The molecule has 198 valence electrons. The van der Waals surface area contributed by atoms with Crippen LogP contribution in [0.4, 0.5) is 24.5 Å². The summed E-state index contributed by atoms with van der Waals surface area (Å²) in [7, 11) is 0. The second-order valence-electron chi connectivity index (χ2n) is 10.0. The normalized spacial score (nSPS) is 17.7. The number of hydrogen-bond acceptors (Lipinski definition) is 4. The topological polar surface area (TPSA) is 53.9 Å². The number of benzene rings is 3. The fourth-order valence-electron chi connectivity index (χ4n) is 5.35. The average molecular weight is 522 g/mol. The third kappa shape index (κ3) is 5.85. The van der Waals surface area contributed by atoms with Gasteiger partial charge in [0.25, 0.3) is 0 Å². The van der Waals surface area contributed by atoms with Gasteiger partial charge in [-0.3, -0.25) is 9.79 Å². The maximum Gasteiger partial charge on any atom is 0.573 e. The Morgan fingerprint density at radius 2 is 1.68 bits per heavy atom. The summed E-state index contributed by atoms with van der Waals surface area (Å²) in [5.41, 5.74) is 6.93. The smallest absolute Gasteiger partial charge is 0.406 e. The van der Waals surface area contributed by atoms with Crippen molar-refractivity contribution in [2.75, 3.05) is 18.0 Å². The molecule has 2 aliphatic heterocycles. The first kappa shape index (κ1) is 25.8. The first-order valence-corrected chi connectivity index (χ1v) is 12.8. The van der Waals surface area contributed by atoms with Crippen molar-refractivity contribution in [1.82, 2.24) is 5.32 Å². The number of aliphatic imine (C=N–C) groups is 1. The Kier molecular flexibility index (Phi) is 7.15. The molecule has 3 aromatic carbocycles. The van der Waals surface area contributed by atoms with Crippen LogP contribution in [-0.2, 0) is 11.3 Å². The predicted octanol–water partition coefficient (Wildman–Crippen LogP) is 6.78. The molecule has 0 saturated carbocycles. The summed E-state index contributed by atoms with van der Waals surface area (Å²) in [6.45, 7) is 6.08. The van der Waals surface area contributed by atoms with E-state index >= 15 is 0 Å². The summed E-state index contributed by atoms with van der Waals surface area (Å²) in [6, 6.07) is 20.4. The first-order valence-electron chi connectivity index (χ1n) is 12.8. The van der Waals surface area contributed by atoms with Crippen LogP contribution in [0.15, 0.2) is 71.7 Å². The number of halogens is 3. The average Bonchev–Trinajstić information content (AvgIpc) is 3.22. The Labute approximate surface area is 220 Å². The molecule has 1 fully saturated rings. The van der Waals surface area contributed by atoms with E-state index in [0.717, 1.165) is 65.3 Å². The number of alkyl halides is 3. The Balaban J connectivity index is 1.13. The van der Waals surface area contributed by atoms with Crippen molar-refractivity contribution in [1.29, 1.82) is 0 Å². The molecule has 1 atom stereocenters. The van der Waals surface area contributed by atoms with Crippen molar-refractivity contribution in [3.63, 3.8) is 0 Å². The molecule has 1 unspecified atom stereocenters. The number of nitrogens with one attached hydrogen (secondary N) is 1. The number of aryl methyl sites for hydroxylation is 1. The van der Waals surface area contributed by atoms with Crippen molar-refractivity contribution in [3.8, 4) is 5.75 Å². The molecule has 1 saturated heterocycles. The first-order chi connectivity index (χ1) is 18.2. The third-order valence-electron chi connectivity index (χ3n) is 7.32. The number of fused-ring (bicyclic) bond motifs is 1. The minimum Gasteiger partial charge on any atom is -0.406 e. The number of carbonyl (C=O) groups is 1. The van der Waals surface area contributed by atoms with E-state index in [9.17, 15) is 18.0 Å². The van der Waals surface area contributed by atoms with Crippen LogP contribution in [0.1, 0.15) is 53.9 Å². The molecule has 0 spiro atoms. The van der Waals surface area contributed by atoms with E-state index in [1.54, 1.807) is 12.1 Å². The molecular weight excluding hydrogens is 491 g/mol. The van der Waals surface area contributed by atoms with Gasteiger partial charge >= 0.3 is 6.36 Å². The van der Waals surface area contributed by atoms with Crippen LogP contribution < -0.4 is 15.0 Å². The molecule has 0 aliphatic carbocycles. The Bertz CT molecular complexity index is 1330. The van der Waals surface area contributed by atoms with Gasteiger partial charge in [0.15, 0.2) is 0 Å². The van der Waals surface area contributed by atoms with E-state index in [1.807, 2.05) is 44.2 Å². The zero-order chi connectivity index (χ0) is 26.9. The minimum absolute atomic E-state index is 0.0419. The second-order valence-corrected chi connectivity index (χ2v) is 10.0. The van der Waals surface area contributed by atoms with Gasteiger partial charge in [0, 0.05) is 31.0 Å². The van der Waals surface area contributed by atoms with Gasteiger partial charge in [-0.25, -0.2) is 0 Å². The van der Waals surface area contributed by atoms with E-state index < -0.39 is 6.36 Å². The van der Waals surface area contributed by atoms with Crippen LogP contribution in [0.5, 0.6) is 5.75 Å². The molecule has 5 rings (SSSR count). The van der Waals surface area contributed by atoms with Crippen LogP contribution in [0.25, 0.3) is 0 Å². The van der Waals surface area contributed by atoms with Gasteiger partial charge in [0.05, 0.1) is 5.69 Å². The SMILES string of the molecule is CC1=Nc2ccc(C)cc2C1C(=O)NCc1ccc(N2CCC(c3ccc(OC(F)(F)F)cc3)CC2)cc1. The van der Waals surface area contributed by atoms with Crippen LogP contribution in [0, 0.1) is 6.92 Å². The van der Waals surface area contributed by atoms with Gasteiger partial charge in [-0.2, -0.15) is 0 Å². The van der Waals surface area contributed by atoms with E-state index in [1.165, 1.54) is 12.1 Å². The lowest BCUT2D eigenvalue weighted by Crippen LogP contribution is -2.33. The van der Waals surface area contributed by atoms with Crippen molar-refractivity contribution in [3.05, 3.63) is 89.0 Å². The molecule has 0 aromatic heterocycles. The van der Waals surface area contributed by atoms with E-state index in [2.05, 4.69) is 32.1 Å². The molecule has 1 N–H and O–H groups in total. The summed E-state index contributed by atoms with van der Waals surface area (Å²) in [6.07, 6.45) is -2.84. The van der Waals surface area contributed by atoms with Crippen LogP contribution in [0.3, 0.4) is 0 Å². The molecule has 38 heavy (non-hydrogen) atoms. The Hall–Kier alpha value is -3.81. The lowest BCUT2D eigenvalue weighted by atomic mass is 9.89. The molecule has 0 bridgehead atoms. The minimum atomic E-state index is -4.68. The summed E-state index contributed by atoms with van der Waals surface area (Å²) in [4.78, 5) is 19.9. The van der Waals surface area contributed by atoms with E-state index in [0.29, 0.717) is 12.5 Å². The zero-order valence-electron chi connectivity index (χ0n) is 21.4. The van der Waals surface area contributed by atoms with E-state index in [4.69, 9.17) is 0 Å². The summed E-state index contributed by atoms with van der Waals surface area (Å²) in [5.74, 6) is -0.280. The van der Waals surface area contributed by atoms with Gasteiger partial charge in [0.1, 0.15) is 11.7 Å². The molecule has 0 radical (unpaired) electrons. The van der Waals surface area contributed by atoms with Crippen molar-refractivity contribution >= 4 is 23.0 Å². The monoisotopic (exact) mass is 521 g/mol. The number of piperidine rings is 1. The number of nitrogens with zero attached hydrogens (tertiary/aromatic N) is 2. The standard InChI is InChI=1S/C30H30F3N3O2/c1-19-3-12-27-26(17-19)28(20(2)35-27)29(37)34-18-21-4-8-24(9-5-21)36-15-13-23(14-16-36)22-6-10-25(11-7-22)38-30(31,32)33/h3-12,17,23,28H,13-16,18H2,1-2H3,(H,34,37). The maximum atomic E-state index is 13.0. The molecule has 2 heterocycles. The molecule has 5 nitrogen and oxygen atoms in total. The lowest BCUT2D eigenvalue weighted by molar-refractivity contribution is -0.274.